The molecular formula is C16H23N3O. The van der Waals surface area contributed by atoms with Crippen molar-refractivity contribution in [2.75, 3.05) is 24.5 Å². The van der Waals surface area contributed by atoms with Crippen LogP contribution in [0.5, 0.6) is 0 Å². The Morgan fingerprint density at radius 1 is 1.35 bits per heavy atom. The molecule has 2 atom stereocenters. The second-order valence-electron chi connectivity index (χ2n) is 6.17. The van der Waals surface area contributed by atoms with Gasteiger partial charge in [0.05, 0.1) is 0 Å². The van der Waals surface area contributed by atoms with E-state index in [1.807, 2.05) is 6.07 Å². The Bertz CT molecular complexity index is 502. The van der Waals surface area contributed by atoms with Crippen LogP contribution < -0.4 is 4.90 Å². The maximum atomic E-state index is 10.8. The largest absolute Gasteiger partial charge is 0.351 e. The summed E-state index contributed by atoms with van der Waals surface area (Å²) in [6.07, 6.45) is 6.55. The standard InChI is InChI=1S/C16H23N3O/c1-12-7-14(11-20)8-17-16(12)19-10-15-5-3-4-6-18(15)9-13(19)2/h7-8,11,13,15H,3-6,9-10H2,1-2H3. The molecule has 0 amide bonds. The van der Waals surface area contributed by atoms with Gasteiger partial charge in [0.25, 0.3) is 0 Å². The van der Waals surface area contributed by atoms with Crippen molar-refractivity contribution >= 4 is 12.1 Å². The fourth-order valence-corrected chi connectivity index (χ4v) is 3.60. The van der Waals surface area contributed by atoms with Crippen LogP contribution in [0.15, 0.2) is 12.3 Å². The van der Waals surface area contributed by atoms with Crippen LogP contribution in [0.3, 0.4) is 0 Å². The minimum Gasteiger partial charge on any atom is -0.351 e. The monoisotopic (exact) mass is 273 g/mol. The van der Waals surface area contributed by atoms with Crippen molar-refractivity contribution in [2.45, 2.75) is 45.2 Å². The summed E-state index contributed by atoms with van der Waals surface area (Å²) in [6, 6.07) is 3.10. The summed E-state index contributed by atoms with van der Waals surface area (Å²) in [5.74, 6) is 1.05. The van der Waals surface area contributed by atoms with E-state index in [1.54, 1.807) is 6.20 Å². The number of aromatic nitrogens is 1. The second kappa shape index (κ2) is 5.52. The molecule has 0 aliphatic carbocycles. The number of hydrogen-bond donors (Lipinski definition) is 0. The summed E-state index contributed by atoms with van der Waals surface area (Å²) < 4.78 is 0. The van der Waals surface area contributed by atoms with Crippen molar-refractivity contribution in [1.82, 2.24) is 9.88 Å². The minimum atomic E-state index is 0.484. The highest BCUT2D eigenvalue weighted by molar-refractivity contribution is 5.75. The molecule has 0 N–H and O–H groups in total. The molecule has 1 aromatic heterocycles. The first-order chi connectivity index (χ1) is 9.69. The average molecular weight is 273 g/mol. The molecule has 4 nitrogen and oxygen atoms in total. The number of anilines is 1. The predicted molar refractivity (Wildman–Crippen MR) is 80.4 cm³/mol. The third-order valence-corrected chi connectivity index (χ3v) is 4.67. The highest BCUT2D eigenvalue weighted by atomic mass is 16.1. The summed E-state index contributed by atoms with van der Waals surface area (Å²) >= 11 is 0. The topological polar surface area (TPSA) is 36.4 Å². The van der Waals surface area contributed by atoms with E-state index < -0.39 is 0 Å². The first-order valence-electron chi connectivity index (χ1n) is 7.61. The van der Waals surface area contributed by atoms with Gasteiger partial charge in [-0.2, -0.15) is 0 Å². The SMILES string of the molecule is Cc1cc(C=O)cnc1N1CC2CCCCN2CC1C. The maximum absolute atomic E-state index is 10.8. The molecule has 3 heterocycles. The zero-order valence-electron chi connectivity index (χ0n) is 12.4. The minimum absolute atomic E-state index is 0.484. The first kappa shape index (κ1) is 13.6. The van der Waals surface area contributed by atoms with Crippen molar-refractivity contribution < 1.29 is 4.79 Å². The van der Waals surface area contributed by atoms with Crippen LogP contribution in [0, 0.1) is 6.92 Å². The number of carbonyl (C=O) groups is 1. The predicted octanol–water partition coefficient (Wildman–Crippen LogP) is 2.27. The van der Waals surface area contributed by atoms with Gasteiger partial charge in [0, 0.05) is 36.9 Å². The maximum Gasteiger partial charge on any atom is 0.151 e. The van der Waals surface area contributed by atoms with Gasteiger partial charge in [-0.05, 0) is 44.9 Å². The number of carbonyl (C=O) groups excluding carboxylic acids is 1. The number of piperazine rings is 1. The van der Waals surface area contributed by atoms with E-state index >= 15 is 0 Å². The van der Waals surface area contributed by atoms with Gasteiger partial charge in [0.1, 0.15) is 5.82 Å². The van der Waals surface area contributed by atoms with Gasteiger partial charge < -0.3 is 4.90 Å². The molecule has 0 aromatic carbocycles. The Balaban J connectivity index is 1.84. The van der Waals surface area contributed by atoms with E-state index in [4.69, 9.17) is 0 Å². The first-order valence-corrected chi connectivity index (χ1v) is 7.61. The van der Waals surface area contributed by atoms with Crippen LogP contribution in [0.1, 0.15) is 42.1 Å². The number of pyridine rings is 1. The lowest BCUT2D eigenvalue weighted by Crippen LogP contribution is -2.59. The molecule has 20 heavy (non-hydrogen) atoms. The number of fused-ring (bicyclic) bond motifs is 1. The van der Waals surface area contributed by atoms with E-state index in [9.17, 15) is 4.79 Å². The molecule has 2 fully saturated rings. The van der Waals surface area contributed by atoms with Crippen LogP contribution in [0.2, 0.25) is 0 Å². The molecule has 108 valence electrons. The van der Waals surface area contributed by atoms with Crippen LogP contribution in [0.4, 0.5) is 5.82 Å². The zero-order chi connectivity index (χ0) is 14.1. The van der Waals surface area contributed by atoms with Gasteiger partial charge in [-0.25, -0.2) is 4.98 Å². The van der Waals surface area contributed by atoms with E-state index in [2.05, 4.69) is 28.6 Å². The van der Waals surface area contributed by atoms with Gasteiger partial charge in [-0.1, -0.05) is 6.42 Å². The van der Waals surface area contributed by atoms with Crippen molar-refractivity contribution in [1.29, 1.82) is 0 Å². The molecular weight excluding hydrogens is 250 g/mol. The fourth-order valence-electron chi connectivity index (χ4n) is 3.60. The van der Waals surface area contributed by atoms with E-state index in [0.717, 1.165) is 30.8 Å². The molecule has 3 rings (SSSR count). The van der Waals surface area contributed by atoms with Crippen molar-refractivity contribution in [2.24, 2.45) is 0 Å². The molecule has 2 saturated heterocycles. The lowest BCUT2D eigenvalue weighted by atomic mass is 9.97. The molecule has 0 saturated carbocycles. The molecule has 2 aliphatic heterocycles. The third kappa shape index (κ3) is 2.44. The molecule has 2 unspecified atom stereocenters. The van der Waals surface area contributed by atoms with Crippen molar-refractivity contribution in [3.05, 3.63) is 23.4 Å². The molecule has 0 spiro atoms. The van der Waals surface area contributed by atoms with E-state index in [-0.39, 0.29) is 0 Å². The normalized spacial score (nSPS) is 27.2. The van der Waals surface area contributed by atoms with Crippen molar-refractivity contribution in [3.8, 4) is 0 Å². The smallest absolute Gasteiger partial charge is 0.151 e. The van der Waals surface area contributed by atoms with Gasteiger partial charge in [0.2, 0.25) is 0 Å². The Morgan fingerprint density at radius 3 is 2.95 bits per heavy atom. The fraction of sp³-hybridized carbons (Fsp3) is 0.625. The molecule has 4 heteroatoms. The second-order valence-corrected chi connectivity index (χ2v) is 6.17. The summed E-state index contributed by atoms with van der Waals surface area (Å²) in [7, 11) is 0. The van der Waals surface area contributed by atoms with Gasteiger partial charge in [0.15, 0.2) is 6.29 Å². The summed E-state index contributed by atoms with van der Waals surface area (Å²) in [5, 5.41) is 0. The van der Waals surface area contributed by atoms with Crippen molar-refractivity contribution in [3.63, 3.8) is 0 Å². The summed E-state index contributed by atoms with van der Waals surface area (Å²) in [4.78, 5) is 20.4. The Kier molecular flexibility index (Phi) is 3.74. The number of aryl methyl sites for hydroxylation is 1. The quantitative estimate of drug-likeness (QED) is 0.775. The third-order valence-electron chi connectivity index (χ3n) is 4.67. The number of rotatable bonds is 2. The molecule has 1 aromatic rings. The Morgan fingerprint density at radius 2 is 2.20 bits per heavy atom. The van der Waals surface area contributed by atoms with E-state index in [1.165, 1.54) is 25.8 Å². The van der Waals surface area contributed by atoms with Crippen LogP contribution in [0.25, 0.3) is 0 Å². The number of aldehydes is 1. The number of piperidine rings is 1. The number of nitrogens with zero attached hydrogens (tertiary/aromatic N) is 3. The summed E-state index contributed by atoms with van der Waals surface area (Å²) in [6.45, 7) is 7.77. The highest BCUT2D eigenvalue weighted by Crippen LogP contribution is 2.28. The molecule has 2 aliphatic rings. The lowest BCUT2D eigenvalue weighted by molar-refractivity contribution is 0.112. The molecule has 0 bridgehead atoms. The van der Waals surface area contributed by atoms with Gasteiger partial charge in [-0.3, -0.25) is 9.69 Å². The van der Waals surface area contributed by atoms with Gasteiger partial charge >= 0.3 is 0 Å². The Labute approximate surface area is 120 Å². The highest BCUT2D eigenvalue weighted by Gasteiger charge is 2.33. The van der Waals surface area contributed by atoms with Crippen LogP contribution in [-0.4, -0.2) is 47.9 Å². The Hall–Kier alpha value is -1.42. The zero-order valence-corrected chi connectivity index (χ0v) is 12.4. The van der Waals surface area contributed by atoms with Crippen LogP contribution >= 0.6 is 0 Å². The molecule has 0 radical (unpaired) electrons. The average Bonchev–Trinajstić information content (AvgIpc) is 2.46. The lowest BCUT2D eigenvalue weighted by Gasteiger charge is -2.48. The number of hydrogen-bond acceptors (Lipinski definition) is 4. The van der Waals surface area contributed by atoms with Crippen LogP contribution in [-0.2, 0) is 0 Å². The van der Waals surface area contributed by atoms with Gasteiger partial charge in [-0.15, -0.1) is 0 Å². The summed E-state index contributed by atoms with van der Waals surface area (Å²) in [5.41, 5.74) is 1.76. The van der Waals surface area contributed by atoms with E-state index in [0.29, 0.717) is 17.6 Å².